The van der Waals surface area contributed by atoms with Crippen LogP contribution in [0.4, 0.5) is 10.8 Å². The molecule has 0 fully saturated rings. The lowest BCUT2D eigenvalue weighted by Gasteiger charge is -2.06. The molecule has 100 valence electrons. The monoisotopic (exact) mass is 323 g/mol. The van der Waals surface area contributed by atoms with Crippen LogP contribution in [0.25, 0.3) is 10.2 Å². The van der Waals surface area contributed by atoms with Crippen molar-refractivity contribution in [2.45, 2.75) is 0 Å². The van der Waals surface area contributed by atoms with E-state index in [1.54, 1.807) is 36.5 Å². The Morgan fingerprint density at radius 3 is 2.65 bits per heavy atom. The van der Waals surface area contributed by atoms with E-state index in [0.717, 1.165) is 0 Å². The molecule has 1 aromatic carbocycles. The summed E-state index contributed by atoms with van der Waals surface area (Å²) in [5.74, 6) is 0. The molecule has 0 amide bonds. The highest BCUT2D eigenvalue weighted by molar-refractivity contribution is 7.21. The van der Waals surface area contributed by atoms with Crippen molar-refractivity contribution < 1.29 is 0 Å². The van der Waals surface area contributed by atoms with E-state index in [-0.39, 0.29) is 5.56 Å². The standard InChI is InChI=1S/C13H7Cl2N3OS/c14-7-4-8(15)6-9(5-7)17-13-18-11(19)10-2-1-3-16-12(10)20-13/h1-6H,(H,17,18,19). The van der Waals surface area contributed by atoms with Gasteiger partial charge < -0.3 is 5.32 Å². The maximum Gasteiger partial charge on any atom is 0.282 e. The van der Waals surface area contributed by atoms with E-state index in [9.17, 15) is 4.79 Å². The first-order valence-corrected chi connectivity index (χ1v) is 7.18. The first-order valence-electron chi connectivity index (χ1n) is 5.61. The van der Waals surface area contributed by atoms with Crippen LogP contribution in [-0.4, -0.2) is 9.97 Å². The van der Waals surface area contributed by atoms with E-state index in [2.05, 4.69) is 15.3 Å². The summed E-state index contributed by atoms with van der Waals surface area (Å²) < 4.78 is 0. The summed E-state index contributed by atoms with van der Waals surface area (Å²) in [6.07, 6.45) is 1.64. The molecule has 0 aliphatic carbocycles. The highest BCUT2D eigenvalue weighted by Gasteiger charge is 2.06. The third kappa shape index (κ3) is 2.75. The zero-order chi connectivity index (χ0) is 14.1. The van der Waals surface area contributed by atoms with Gasteiger partial charge in [-0.25, -0.2) is 4.98 Å². The highest BCUT2D eigenvalue weighted by Crippen LogP contribution is 2.27. The summed E-state index contributed by atoms with van der Waals surface area (Å²) in [5.41, 5.74) is 0.350. The molecule has 7 heteroatoms. The number of rotatable bonds is 2. The lowest BCUT2D eigenvalue weighted by atomic mass is 10.3. The maximum absolute atomic E-state index is 11.9. The van der Waals surface area contributed by atoms with Crippen LogP contribution in [0.2, 0.25) is 10.0 Å². The molecule has 3 rings (SSSR count). The molecule has 4 nitrogen and oxygen atoms in total. The largest absolute Gasteiger partial charge is 0.331 e. The molecule has 0 aliphatic rings. The van der Waals surface area contributed by atoms with Gasteiger partial charge in [0.05, 0.1) is 5.39 Å². The van der Waals surface area contributed by atoms with Gasteiger partial charge in [0.25, 0.3) is 5.56 Å². The quantitative estimate of drug-likeness (QED) is 0.771. The Kier molecular flexibility index (Phi) is 3.56. The summed E-state index contributed by atoms with van der Waals surface area (Å²) in [7, 11) is 0. The Morgan fingerprint density at radius 2 is 1.90 bits per heavy atom. The fourth-order valence-electron chi connectivity index (χ4n) is 1.70. The van der Waals surface area contributed by atoms with Gasteiger partial charge >= 0.3 is 0 Å². The van der Waals surface area contributed by atoms with Crippen molar-refractivity contribution in [3.63, 3.8) is 0 Å². The van der Waals surface area contributed by atoms with E-state index < -0.39 is 0 Å². The van der Waals surface area contributed by atoms with E-state index in [1.807, 2.05) is 0 Å². The second-order valence-corrected chi connectivity index (χ2v) is 5.81. The summed E-state index contributed by atoms with van der Waals surface area (Å²) >= 11 is 13.1. The van der Waals surface area contributed by atoms with Crippen LogP contribution in [0.15, 0.2) is 41.3 Å². The van der Waals surface area contributed by atoms with Gasteiger partial charge in [-0.2, -0.15) is 4.98 Å². The van der Waals surface area contributed by atoms with Crippen LogP contribution >= 0.6 is 34.5 Å². The van der Waals surface area contributed by atoms with Crippen molar-refractivity contribution in [2.75, 3.05) is 5.32 Å². The normalized spacial score (nSPS) is 10.7. The van der Waals surface area contributed by atoms with Crippen LogP contribution < -0.4 is 10.9 Å². The van der Waals surface area contributed by atoms with Gasteiger partial charge in [-0.1, -0.05) is 34.5 Å². The van der Waals surface area contributed by atoms with Crippen LogP contribution in [0, 0.1) is 0 Å². The molecule has 0 unspecified atom stereocenters. The Labute approximate surface area is 128 Å². The van der Waals surface area contributed by atoms with Gasteiger partial charge in [0.1, 0.15) is 4.83 Å². The minimum Gasteiger partial charge on any atom is -0.331 e. The molecular weight excluding hydrogens is 317 g/mol. The second-order valence-electron chi connectivity index (χ2n) is 3.96. The SMILES string of the molecule is O=c1nc(Nc2cc(Cl)cc(Cl)c2)sc2ncccc12. The van der Waals surface area contributed by atoms with E-state index >= 15 is 0 Å². The van der Waals surface area contributed by atoms with Gasteiger partial charge in [-0.05, 0) is 30.3 Å². The van der Waals surface area contributed by atoms with Crippen molar-refractivity contribution >= 4 is 55.6 Å². The molecule has 2 aromatic heterocycles. The van der Waals surface area contributed by atoms with E-state index in [1.165, 1.54) is 11.3 Å². The predicted octanol–water partition coefficient (Wildman–Crippen LogP) is 4.10. The second kappa shape index (κ2) is 5.36. The van der Waals surface area contributed by atoms with Crippen molar-refractivity contribution in [3.8, 4) is 0 Å². The molecule has 1 N–H and O–H groups in total. The van der Waals surface area contributed by atoms with Crippen molar-refractivity contribution in [1.82, 2.24) is 9.97 Å². The smallest absolute Gasteiger partial charge is 0.282 e. The number of nitrogens with one attached hydrogen (secondary N) is 1. The first kappa shape index (κ1) is 13.3. The summed E-state index contributed by atoms with van der Waals surface area (Å²) in [6, 6.07) is 8.45. The Balaban J connectivity index is 2.04. The predicted molar refractivity (Wildman–Crippen MR) is 83.4 cm³/mol. The van der Waals surface area contributed by atoms with Crippen molar-refractivity contribution in [2.24, 2.45) is 0 Å². The zero-order valence-corrected chi connectivity index (χ0v) is 12.3. The lowest BCUT2D eigenvalue weighted by molar-refractivity contribution is 1.29. The third-order valence-corrected chi connectivity index (χ3v) is 3.85. The fourth-order valence-corrected chi connectivity index (χ4v) is 3.09. The number of halogens is 2. The third-order valence-electron chi connectivity index (χ3n) is 2.51. The number of benzene rings is 1. The minimum atomic E-state index is -0.317. The molecule has 0 saturated carbocycles. The number of aromatic nitrogens is 2. The molecule has 0 atom stereocenters. The number of anilines is 2. The van der Waals surface area contributed by atoms with Crippen molar-refractivity contribution in [3.05, 3.63) is 56.9 Å². The number of hydrogen-bond acceptors (Lipinski definition) is 5. The summed E-state index contributed by atoms with van der Waals surface area (Å²) in [5, 5.41) is 4.98. The van der Waals surface area contributed by atoms with Gasteiger partial charge in [0, 0.05) is 21.9 Å². The molecule has 0 aliphatic heterocycles. The molecule has 20 heavy (non-hydrogen) atoms. The molecule has 0 bridgehead atoms. The topological polar surface area (TPSA) is 54.9 Å². The fraction of sp³-hybridized carbons (Fsp3) is 0. The molecule has 3 aromatic rings. The van der Waals surface area contributed by atoms with Gasteiger partial charge in [-0.15, -0.1) is 0 Å². The van der Waals surface area contributed by atoms with Crippen LogP contribution in [-0.2, 0) is 0 Å². The molecule has 0 saturated heterocycles. The molecular formula is C13H7Cl2N3OS. The number of hydrogen-bond donors (Lipinski definition) is 1. The van der Waals surface area contributed by atoms with Crippen LogP contribution in [0.1, 0.15) is 0 Å². The average molecular weight is 324 g/mol. The number of fused-ring (bicyclic) bond motifs is 1. The Bertz CT molecular complexity index is 830. The molecule has 0 radical (unpaired) electrons. The average Bonchev–Trinajstić information content (AvgIpc) is 2.37. The maximum atomic E-state index is 11.9. The number of pyridine rings is 1. The van der Waals surface area contributed by atoms with Gasteiger partial charge in [-0.3, -0.25) is 4.79 Å². The molecule has 2 heterocycles. The van der Waals surface area contributed by atoms with Gasteiger partial charge in [0.2, 0.25) is 0 Å². The minimum absolute atomic E-state index is 0.317. The van der Waals surface area contributed by atoms with Crippen LogP contribution in [0.3, 0.4) is 0 Å². The van der Waals surface area contributed by atoms with Gasteiger partial charge in [0.15, 0.2) is 5.13 Å². The first-order chi connectivity index (χ1) is 9.61. The van der Waals surface area contributed by atoms with Crippen LogP contribution in [0.5, 0.6) is 0 Å². The highest BCUT2D eigenvalue weighted by atomic mass is 35.5. The summed E-state index contributed by atoms with van der Waals surface area (Å²) in [6.45, 7) is 0. The summed E-state index contributed by atoms with van der Waals surface area (Å²) in [4.78, 5) is 20.7. The Hall–Kier alpha value is -1.69. The zero-order valence-electron chi connectivity index (χ0n) is 9.93. The molecule has 0 spiro atoms. The van der Waals surface area contributed by atoms with E-state index in [4.69, 9.17) is 23.2 Å². The lowest BCUT2D eigenvalue weighted by Crippen LogP contribution is -2.07. The Morgan fingerprint density at radius 1 is 1.15 bits per heavy atom. The van der Waals surface area contributed by atoms with E-state index in [0.29, 0.717) is 31.1 Å². The van der Waals surface area contributed by atoms with Crippen molar-refractivity contribution in [1.29, 1.82) is 0 Å². The number of nitrogens with zero attached hydrogens (tertiary/aromatic N) is 2.